The van der Waals surface area contributed by atoms with Crippen molar-refractivity contribution in [3.05, 3.63) is 82.9 Å². The van der Waals surface area contributed by atoms with E-state index in [-0.39, 0.29) is 16.9 Å². The van der Waals surface area contributed by atoms with Crippen molar-refractivity contribution < 1.29 is 29.3 Å². The number of aryl methyl sites for hydroxylation is 2. The Morgan fingerprint density at radius 2 is 1.43 bits per heavy atom. The van der Waals surface area contributed by atoms with Gasteiger partial charge < -0.3 is 19.7 Å². The molecule has 3 aromatic rings. The number of Topliss-reactive ketones (excluding diaryl/α,β-unsaturated/α-hetero) is 2. The Labute approximate surface area is 174 Å². The molecule has 30 heavy (non-hydrogen) atoms. The third-order valence-electron chi connectivity index (χ3n) is 4.80. The second-order valence-electron chi connectivity index (χ2n) is 6.74. The van der Waals surface area contributed by atoms with Crippen molar-refractivity contribution in [1.29, 1.82) is 0 Å². The fourth-order valence-electron chi connectivity index (χ4n) is 3.13. The molecule has 0 atom stereocenters. The molecule has 6 heteroatoms. The summed E-state index contributed by atoms with van der Waals surface area (Å²) in [5.74, 6) is -1.04. The van der Waals surface area contributed by atoms with Crippen LogP contribution in [0.1, 0.15) is 31.8 Å². The van der Waals surface area contributed by atoms with E-state index in [2.05, 4.69) is 0 Å². The molecule has 0 amide bonds. The highest BCUT2D eigenvalue weighted by Crippen LogP contribution is 2.30. The van der Waals surface area contributed by atoms with E-state index in [0.29, 0.717) is 24.2 Å². The van der Waals surface area contributed by atoms with Gasteiger partial charge in [0.05, 0.1) is 19.8 Å². The van der Waals surface area contributed by atoms with Crippen molar-refractivity contribution in [2.45, 2.75) is 12.8 Å². The summed E-state index contributed by atoms with van der Waals surface area (Å²) in [6.07, 6.45) is 0.986. The lowest BCUT2D eigenvalue weighted by molar-refractivity contribution is 0.0815. The van der Waals surface area contributed by atoms with Gasteiger partial charge in [0.15, 0.2) is 0 Å². The molecule has 0 aliphatic carbocycles. The van der Waals surface area contributed by atoms with Crippen LogP contribution in [0.15, 0.2) is 60.7 Å². The SMILES string of the molecule is COc1cccc(CCc2cc(C(=O)C(=O)c3cccc(OC)c3)c(O)cc2O)c1. The van der Waals surface area contributed by atoms with Gasteiger partial charge in [-0.2, -0.15) is 0 Å². The summed E-state index contributed by atoms with van der Waals surface area (Å²) in [5.41, 5.74) is 1.45. The van der Waals surface area contributed by atoms with E-state index in [0.717, 1.165) is 17.4 Å². The molecule has 2 N–H and O–H groups in total. The van der Waals surface area contributed by atoms with Crippen molar-refractivity contribution in [3.63, 3.8) is 0 Å². The first-order valence-corrected chi connectivity index (χ1v) is 9.33. The average Bonchev–Trinajstić information content (AvgIpc) is 2.77. The number of phenols is 2. The quantitative estimate of drug-likeness (QED) is 0.434. The summed E-state index contributed by atoms with van der Waals surface area (Å²) in [5, 5.41) is 20.4. The Balaban J connectivity index is 1.84. The highest BCUT2D eigenvalue weighted by molar-refractivity contribution is 6.49. The van der Waals surface area contributed by atoms with E-state index in [1.165, 1.54) is 25.3 Å². The Morgan fingerprint density at radius 3 is 2.13 bits per heavy atom. The second-order valence-corrected chi connectivity index (χ2v) is 6.74. The summed E-state index contributed by atoms with van der Waals surface area (Å²) < 4.78 is 10.3. The number of methoxy groups -OCH3 is 2. The number of ether oxygens (including phenoxy) is 2. The second kappa shape index (κ2) is 9.13. The van der Waals surface area contributed by atoms with Crippen LogP contribution < -0.4 is 9.47 Å². The number of carbonyl (C=O) groups excluding carboxylic acids is 2. The summed E-state index contributed by atoms with van der Waals surface area (Å²) in [4.78, 5) is 25.4. The largest absolute Gasteiger partial charge is 0.508 e. The van der Waals surface area contributed by atoms with Crippen molar-refractivity contribution in [2.24, 2.45) is 0 Å². The number of benzene rings is 3. The molecule has 0 bridgehead atoms. The highest BCUT2D eigenvalue weighted by Gasteiger charge is 2.23. The molecule has 0 aromatic heterocycles. The first-order valence-electron chi connectivity index (χ1n) is 9.33. The summed E-state index contributed by atoms with van der Waals surface area (Å²) in [6.45, 7) is 0. The smallest absolute Gasteiger partial charge is 0.237 e. The maximum absolute atomic E-state index is 12.7. The zero-order valence-electron chi connectivity index (χ0n) is 16.7. The predicted molar refractivity (Wildman–Crippen MR) is 112 cm³/mol. The van der Waals surface area contributed by atoms with Crippen molar-refractivity contribution in [1.82, 2.24) is 0 Å². The molecule has 0 spiro atoms. The van der Waals surface area contributed by atoms with Gasteiger partial charge in [-0.15, -0.1) is 0 Å². The highest BCUT2D eigenvalue weighted by atomic mass is 16.5. The zero-order chi connectivity index (χ0) is 21.7. The van der Waals surface area contributed by atoms with Crippen LogP contribution in [0.5, 0.6) is 23.0 Å². The molecule has 6 nitrogen and oxygen atoms in total. The molecule has 3 rings (SSSR count). The molecule has 0 fully saturated rings. The Hall–Kier alpha value is -3.80. The van der Waals surface area contributed by atoms with Gasteiger partial charge in [-0.05, 0) is 54.3 Å². The number of aromatic hydroxyl groups is 2. The summed E-state index contributed by atoms with van der Waals surface area (Å²) >= 11 is 0. The van der Waals surface area contributed by atoms with E-state index >= 15 is 0 Å². The van der Waals surface area contributed by atoms with Gasteiger partial charge in [0.2, 0.25) is 11.6 Å². The number of hydrogen-bond acceptors (Lipinski definition) is 6. The van der Waals surface area contributed by atoms with Crippen molar-refractivity contribution in [3.8, 4) is 23.0 Å². The number of carbonyl (C=O) groups is 2. The minimum Gasteiger partial charge on any atom is -0.508 e. The minimum atomic E-state index is -0.858. The Kier molecular flexibility index (Phi) is 6.37. The predicted octanol–water partition coefficient (Wildman–Crippen LogP) is 3.97. The topological polar surface area (TPSA) is 93.1 Å². The first-order chi connectivity index (χ1) is 14.4. The maximum Gasteiger partial charge on any atom is 0.237 e. The van der Waals surface area contributed by atoms with Gasteiger partial charge in [0, 0.05) is 11.6 Å². The standard InChI is InChI=1S/C24H22O6/c1-29-18-7-3-5-15(11-18)9-10-16-13-20(22(26)14-21(16)25)24(28)23(27)17-6-4-8-19(12-17)30-2/h3-8,11-14,25-26H,9-10H2,1-2H3. The van der Waals surface area contributed by atoms with Gasteiger partial charge in [0.1, 0.15) is 23.0 Å². The average molecular weight is 406 g/mol. The normalized spacial score (nSPS) is 10.5. The first kappa shape index (κ1) is 20.9. The lowest BCUT2D eigenvalue weighted by Gasteiger charge is -2.10. The Morgan fingerprint density at radius 1 is 0.767 bits per heavy atom. The molecule has 0 unspecified atom stereocenters. The van der Waals surface area contributed by atoms with Crippen LogP contribution in [0.25, 0.3) is 0 Å². The lowest BCUT2D eigenvalue weighted by atomic mass is 9.96. The molecule has 3 aromatic carbocycles. The molecule has 0 heterocycles. The van der Waals surface area contributed by atoms with Gasteiger partial charge >= 0.3 is 0 Å². The molecular weight excluding hydrogens is 384 g/mol. The van der Waals surface area contributed by atoms with Gasteiger partial charge in [-0.3, -0.25) is 9.59 Å². The summed E-state index contributed by atoms with van der Waals surface area (Å²) in [6, 6.07) is 16.2. The monoisotopic (exact) mass is 406 g/mol. The zero-order valence-corrected chi connectivity index (χ0v) is 16.7. The van der Waals surface area contributed by atoms with E-state index in [1.807, 2.05) is 24.3 Å². The van der Waals surface area contributed by atoms with Crippen LogP contribution in [0.4, 0.5) is 0 Å². The molecule has 0 radical (unpaired) electrons. The molecule has 0 aliphatic rings. The van der Waals surface area contributed by atoms with Gasteiger partial charge in [-0.25, -0.2) is 0 Å². The fourth-order valence-corrected chi connectivity index (χ4v) is 3.13. The van der Waals surface area contributed by atoms with Crippen LogP contribution >= 0.6 is 0 Å². The Bertz CT molecular complexity index is 1090. The van der Waals surface area contributed by atoms with E-state index in [9.17, 15) is 19.8 Å². The van der Waals surface area contributed by atoms with Crippen molar-refractivity contribution in [2.75, 3.05) is 14.2 Å². The lowest BCUT2D eigenvalue weighted by Crippen LogP contribution is -2.15. The van der Waals surface area contributed by atoms with Crippen molar-refractivity contribution >= 4 is 11.6 Å². The van der Waals surface area contributed by atoms with Gasteiger partial charge in [-0.1, -0.05) is 24.3 Å². The van der Waals surface area contributed by atoms with Gasteiger partial charge in [0.25, 0.3) is 0 Å². The van der Waals surface area contributed by atoms with Crippen LogP contribution in [0, 0.1) is 0 Å². The fraction of sp³-hybridized carbons (Fsp3) is 0.167. The van der Waals surface area contributed by atoms with E-state index in [4.69, 9.17) is 9.47 Å². The van der Waals surface area contributed by atoms with E-state index < -0.39 is 17.3 Å². The van der Waals surface area contributed by atoms with Crippen LogP contribution in [0.2, 0.25) is 0 Å². The van der Waals surface area contributed by atoms with E-state index in [1.54, 1.807) is 19.2 Å². The molecular formula is C24H22O6. The van der Waals surface area contributed by atoms with Crippen LogP contribution in [-0.4, -0.2) is 36.0 Å². The third-order valence-corrected chi connectivity index (χ3v) is 4.80. The van der Waals surface area contributed by atoms with Crippen LogP contribution in [-0.2, 0) is 12.8 Å². The molecule has 0 aliphatic heterocycles. The number of rotatable bonds is 8. The number of hydrogen-bond donors (Lipinski definition) is 2. The number of ketones is 2. The maximum atomic E-state index is 12.7. The summed E-state index contributed by atoms with van der Waals surface area (Å²) in [7, 11) is 3.05. The number of phenolic OH excluding ortho intramolecular Hbond substituents is 2. The van der Waals surface area contributed by atoms with Crippen LogP contribution in [0.3, 0.4) is 0 Å². The molecule has 0 saturated carbocycles. The third kappa shape index (κ3) is 4.60. The molecule has 154 valence electrons. The minimum absolute atomic E-state index is 0.138. The molecule has 0 saturated heterocycles.